The van der Waals surface area contributed by atoms with Crippen molar-refractivity contribution in [3.8, 4) is 17.1 Å². The molecule has 102 valence electrons. The second kappa shape index (κ2) is 4.52. The Kier molecular flexibility index (Phi) is 2.53. The van der Waals surface area contributed by atoms with E-state index >= 15 is 0 Å². The van der Waals surface area contributed by atoms with E-state index in [1.807, 2.05) is 18.2 Å². The summed E-state index contributed by atoms with van der Waals surface area (Å²) in [6.07, 6.45) is 3.22. The van der Waals surface area contributed by atoms with E-state index in [1.54, 1.807) is 29.4 Å². The Morgan fingerprint density at radius 1 is 0.952 bits per heavy atom. The third kappa shape index (κ3) is 2.06. The van der Waals surface area contributed by atoms with Crippen LogP contribution in [0.5, 0.6) is 0 Å². The number of hydrogen-bond acceptors (Lipinski definition) is 4. The molecule has 0 radical (unpaired) electrons. The van der Waals surface area contributed by atoms with Crippen LogP contribution in [-0.2, 0) is 0 Å². The molecular formula is C15H9FN4O. The lowest BCUT2D eigenvalue weighted by Crippen LogP contribution is -1.88. The molecular weight excluding hydrogens is 271 g/mol. The maximum atomic E-state index is 13.0. The minimum absolute atomic E-state index is 0.287. The lowest BCUT2D eigenvalue weighted by molar-refractivity contribution is 0.616. The van der Waals surface area contributed by atoms with Crippen molar-refractivity contribution in [1.29, 1.82) is 0 Å². The molecule has 4 rings (SSSR count). The molecule has 0 saturated heterocycles. The summed E-state index contributed by atoms with van der Waals surface area (Å²) < 4.78 is 20.5. The Bertz CT molecular complexity index is 897. The van der Waals surface area contributed by atoms with Crippen molar-refractivity contribution in [2.45, 2.75) is 0 Å². The van der Waals surface area contributed by atoms with Gasteiger partial charge in [-0.1, -0.05) is 0 Å². The number of nitrogens with zero attached hydrogens (tertiary/aromatic N) is 4. The van der Waals surface area contributed by atoms with Crippen LogP contribution < -0.4 is 0 Å². The van der Waals surface area contributed by atoms with Gasteiger partial charge in [-0.3, -0.25) is 4.57 Å². The van der Waals surface area contributed by atoms with Crippen LogP contribution in [-0.4, -0.2) is 19.7 Å². The smallest absolute Gasteiger partial charge is 0.227 e. The van der Waals surface area contributed by atoms with Crippen LogP contribution in [0.3, 0.4) is 0 Å². The van der Waals surface area contributed by atoms with Gasteiger partial charge in [0.25, 0.3) is 0 Å². The average Bonchev–Trinajstić information content (AvgIpc) is 3.16. The molecule has 0 unspecified atom stereocenters. The number of fused-ring (bicyclic) bond motifs is 1. The van der Waals surface area contributed by atoms with Crippen LogP contribution >= 0.6 is 0 Å². The minimum Gasteiger partial charge on any atom is -0.436 e. The lowest BCUT2D eigenvalue weighted by Gasteiger charge is -1.98. The Morgan fingerprint density at radius 2 is 1.71 bits per heavy atom. The van der Waals surface area contributed by atoms with Crippen LogP contribution in [0.4, 0.5) is 4.39 Å². The molecule has 0 aliphatic rings. The molecule has 0 spiro atoms. The number of halogens is 1. The summed E-state index contributed by atoms with van der Waals surface area (Å²) in [5, 5.41) is 7.54. The summed E-state index contributed by atoms with van der Waals surface area (Å²) in [5.41, 5.74) is 3.01. The zero-order valence-corrected chi connectivity index (χ0v) is 10.8. The van der Waals surface area contributed by atoms with E-state index in [0.717, 1.165) is 16.8 Å². The molecule has 2 aromatic heterocycles. The van der Waals surface area contributed by atoms with Gasteiger partial charge in [-0.2, -0.15) is 0 Å². The largest absolute Gasteiger partial charge is 0.436 e. The van der Waals surface area contributed by atoms with Gasteiger partial charge in [0.1, 0.15) is 24.0 Å². The highest BCUT2D eigenvalue weighted by Gasteiger charge is 2.09. The van der Waals surface area contributed by atoms with E-state index in [2.05, 4.69) is 15.2 Å². The van der Waals surface area contributed by atoms with E-state index in [4.69, 9.17) is 4.42 Å². The molecule has 0 amide bonds. The number of hydrogen-bond donors (Lipinski definition) is 0. The van der Waals surface area contributed by atoms with Gasteiger partial charge in [0.05, 0.1) is 5.69 Å². The third-order valence-corrected chi connectivity index (χ3v) is 3.18. The van der Waals surface area contributed by atoms with Crippen LogP contribution in [0.2, 0.25) is 0 Å². The minimum atomic E-state index is -0.287. The highest BCUT2D eigenvalue weighted by molar-refractivity contribution is 5.78. The van der Waals surface area contributed by atoms with Crippen molar-refractivity contribution in [3.63, 3.8) is 0 Å². The highest BCUT2D eigenvalue weighted by Crippen LogP contribution is 2.25. The average molecular weight is 280 g/mol. The Labute approximate surface area is 118 Å². The summed E-state index contributed by atoms with van der Waals surface area (Å²) in [6, 6.07) is 11.7. The van der Waals surface area contributed by atoms with Crippen molar-refractivity contribution >= 4 is 11.1 Å². The molecule has 0 N–H and O–H groups in total. The number of rotatable bonds is 2. The zero-order chi connectivity index (χ0) is 14.2. The molecule has 0 aliphatic heterocycles. The predicted molar refractivity (Wildman–Crippen MR) is 74.3 cm³/mol. The van der Waals surface area contributed by atoms with Gasteiger partial charge in [-0.05, 0) is 36.4 Å². The first-order chi connectivity index (χ1) is 10.3. The summed E-state index contributed by atoms with van der Waals surface area (Å²) >= 11 is 0. The van der Waals surface area contributed by atoms with Crippen molar-refractivity contribution in [1.82, 2.24) is 19.7 Å². The van der Waals surface area contributed by atoms with Crippen LogP contribution in [0.15, 0.2) is 59.5 Å². The molecule has 4 aromatic rings. The first-order valence-electron chi connectivity index (χ1n) is 6.31. The van der Waals surface area contributed by atoms with E-state index < -0.39 is 0 Å². The quantitative estimate of drug-likeness (QED) is 0.565. The summed E-state index contributed by atoms with van der Waals surface area (Å²) in [7, 11) is 0. The predicted octanol–water partition coefficient (Wildman–Crippen LogP) is 3.21. The zero-order valence-electron chi connectivity index (χ0n) is 10.8. The number of aromatic nitrogens is 4. The van der Waals surface area contributed by atoms with Crippen molar-refractivity contribution in [2.75, 3.05) is 0 Å². The second-order valence-corrected chi connectivity index (χ2v) is 4.55. The summed E-state index contributed by atoms with van der Waals surface area (Å²) in [4.78, 5) is 4.41. The van der Waals surface area contributed by atoms with Crippen molar-refractivity contribution < 1.29 is 8.81 Å². The topological polar surface area (TPSA) is 56.7 Å². The molecule has 21 heavy (non-hydrogen) atoms. The molecule has 0 aliphatic carbocycles. The Morgan fingerprint density at radius 3 is 2.48 bits per heavy atom. The van der Waals surface area contributed by atoms with Gasteiger partial charge in [0.15, 0.2) is 5.58 Å². The van der Waals surface area contributed by atoms with Crippen LogP contribution in [0, 0.1) is 5.82 Å². The molecule has 0 bridgehead atoms. The van der Waals surface area contributed by atoms with E-state index in [-0.39, 0.29) is 5.82 Å². The first kappa shape index (κ1) is 11.8. The van der Waals surface area contributed by atoms with E-state index in [9.17, 15) is 4.39 Å². The Hall–Kier alpha value is -3.02. The van der Waals surface area contributed by atoms with Crippen LogP contribution in [0.1, 0.15) is 0 Å². The van der Waals surface area contributed by atoms with Gasteiger partial charge in [0.2, 0.25) is 5.89 Å². The fourth-order valence-corrected chi connectivity index (χ4v) is 2.12. The molecule has 0 saturated carbocycles. The molecule has 2 aromatic carbocycles. The maximum Gasteiger partial charge on any atom is 0.227 e. The van der Waals surface area contributed by atoms with Gasteiger partial charge in [-0.25, -0.2) is 9.37 Å². The van der Waals surface area contributed by atoms with Crippen molar-refractivity contribution in [3.05, 3.63) is 60.9 Å². The van der Waals surface area contributed by atoms with Gasteiger partial charge < -0.3 is 4.42 Å². The molecule has 2 heterocycles. The number of oxazole rings is 1. The molecule has 0 atom stereocenters. The fourth-order valence-electron chi connectivity index (χ4n) is 2.12. The highest BCUT2D eigenvalue weighted by atomic mass is 19.1. The summed E-state index contributed by atoms with van der Waals surface area (Å²) in [6.45, 7) is 0. The van der Waals surface area contributed by atoms with Crippen molar-refractivity contribution in [2.24, 2.45) is 0 Å². The Balaban J connectivity index is 1.81. The number of benzene rings is 2. The third-order valence-electron chi connectivity index (χ3n) is 3.18. The summed E-state index contributed by atoms with van der Waals surface area (Å²) in [5.74, 6) is 0.177. The molecule has 5 nitrogen and oxygen atoms in total. The second-order valence-electron chi connectivity index (χ2n) is 4.55. The SMILES string of the molecule is Fc1ccc(-c2nc3ccc(-n4cnnc4)cc3o2)cc1. The normalized spacial score (nSPS) is 11.1. The molecule has 6 heteroatoms. The van der Waals surface area contributed by atoms with E-state index in [1.165, 1.54) is 12.1 Å². The van der Waals surface area contributed by atoms with Gasteiger partial charge in [-0.15, -0.1) is 10.2 Å². The standard InChI is InChI=1S/C15H9FN4O/c16-11-3-1-10(2-4-11)15-19-13-6-5-12(7-14(13)21-15)20-8-17-18-9-20/h1-9H. The molecule has 0 fully saturated rings. The lowest BCUT2D eigenvalue weighted by atomic mass is 10.2. The van der Waals surface area contributed by atoms with Gasteiger partial charge in [0, 0.05) is 11.6 Å². The monoisotopic (exact) mass is 280 g/mol. The first-order valence-corrected chi connectivity index (χ1v) is 6.31. The fraction of sp³-hybridized carbons (Fsp3) is 0. The van der Waals surface area contributed by atoms with E-state index in [0.29, 0.717) is 11.5 Å². The maximum absolute atomic E-state index is 13.0. The van der Waals surface area contributed by atoms with Crippen LogP contribution in [0.25, 0.3) is 28.2 Å². The van der Waals surface area contributed by atoms with Gasteiger partial charge >= 0.3 is 0 Å².